The van der Waals surface area contributed by atoms with E-state index in [1.807, 2.05) is 49.3 Å². The SMILES string of the molecule is CN(C)CCNc1ccc(S(=O)(=O)N2CC(=O)N(c3cc(-c4ccccc4)sc3C(=O)O)C(C3CCCCC3)C2)cn1. The molecular weight excluding hydrogens is 574 g/mol. The summed E-state index contributed by atoms with van der Waals surface area (Å²) in [6, 6.07) is 13.9. The average Bonchev–Trinajstić information content (AvgIpc) is 3.43. The third-order valence-electron chi connectivity index (χ3n) is 7.96. The van der Waals surface area contributed by atoms with Gasteiger partial charge in [-0.15, -0.1) is 11.3 Å². The van der Waals surface area contributed by atoms with E-state index in [1.54, 1.807) is 17.0 Å². The summed E-state index contributed by atoms with van der Waals surface area (Å²) in [6.07, 6.45) is 6.12. The quantitative estimate of drug-likeness (QED) is 0.344. The molecular formula is C30H37N5O5S2. The van der Waals surface area contributed by atoms with Crippen LogP contribution in [0, 0.1) is 5.92 Å². The van der Waals surface area contributed by atoms with Crippen LogP contribution in [0.2, 0.25) is 0 Å². The van der Waals surface area contributed by atoms with Crippen molar-refractivity contribution in [2.45, 2.75) is 43.0 Å². The molecule has 42 heavy (non-hydrogen) atoms. The number of aromatic nitrogens is 1. The van der Waals surface area contributed by atoms with E-state index in [0.29, 0.717) is 18.1 Å². The number of nitrogens with one attached hydrogen (secondary N) is 1. The first-order valence-electron chi connectivity index (χ1n) is 14.2. The van der Waals surface area contributed by atoms with Crippen molar-refractivity contribution in [1.82, 2.24) is 14.2 Å². The molecule has 1 aliphatic carbocycles. The Morgan fingerprint density at radius 3 is 2.50 bits per heavy atom. The molecule has 1 saturated carbocycles. The van der Waals surface area contributed by atoms with Crippen molar-refractivity contribution >= 4 is 44.7 Å². The van der Waals surface area contributed by atoms with E-state index in [0.717, 1.165) is 60.4 Å². The van der Waals surface area contributed by atoms with Gasteiger partial charge in [-0.1, -0.05) is 49.6 Å². The molecule has 1 aromatic carbocycles. The predicted octanol–water partition coefficient (Wildman–Crippen LogP) is 4.47. The number of pyridine rings is 1. The van der Waals surface area contributed by atoms with Gasteiger partial charge in [-0.05, 0) is 56.6 Å². The molecule has 2 aromatic heterocycles. The fourth-order valence-electron chi connectivity index (χ4n) is 5.79. The highest BCUT2D eigenvalue weighted by atomic mass is 32.2. The van der Waals surface area contributed by atoms with Crippen molar-refractivity contribution in [3.63, 3.8) is 0 Å². The van der Waals surface area contributed by atoms with Crippen LogP contribution in [0.4, 0.5) is 11.5 Å². The molecule has 2 aliphatic rings. The first-order chi connectivity index (χ1) is 20.1. The van der Waals surface area contributed by atoms with Crippen LogP contribution in [0.25, 0.3) is 10.4 Å². The van der Waals surface area contributed by atoms with Crippen LogP contribution >= 0.6 is 11.3 Å². The van der Waals surface area contributed by atoms with Gasteiger partial charge in [0.25, 0.3) is 0 Å². The monoisotopic (exact) mass is 611 g/mol. The Morgan fingerprint density at radius 2 is 1.86 bits per heavy atom. The number of amides is 1. The number of anilines is 2. The molecule has 5 rings (SSSR count). The Hall–Kier alpha value is -3.32. The topological polar surface area (TPSA) is 123 Å². The largest absolute Gasteiger partial charge is 0.477 e. The van der Waals surface area contributed by atoms with Crippen molar-refractivity contribution in [2.75, 3.05) is 50.5 Å². The summed E-state index contributed by atoms with van der Waals surface area (Å²) in [6.45, 7) is 1.19. The zero-order chi connectivity index (χ0) is 29.9. The molecule has 10 nitrogen and oxygen atoms in total. The third-order valence-corrected chi connectivity index (χ3v) is 10.9. The second-order valence-corrected chi connectivity index (χ2v) is 14.1. The number of rotatable bonds is 10. The highest BCUT2D eigenvalue weighted by Crippen LogP contribution is 2.42. The summed E-state index contributed by atoms with van der Waals surface area (Å²) < 4.78 is 28.8. The van der Waals surface area contributed by atoms with Crippen LogP contribution in [0.3, 0.4) is 0 Å². The number of aromatic carboxylic acids is 1. The van der Waals surface area contributed by atoms with Crippen LogP contribution in [0.15, 0.2) is 59.6 Å². The fourth-order valence-corrected chi connectivity index (χ4v) is 8.14. The average molecular weight is 612 g/mol. The standard InChI is InChI=1S/C30H37N5O5S2/c1-33(2)16-15-31-27-14-13-23(18-32-27)42(39,40)34-19-25(21-9-5-3-6-10-21)35(28(36)20-34)24-17-26(41-29(24)30(37)38)22-11-7-4-8-12-22/h4,7-8,11-14,17-18,21,25H,3,5-6,9-10,15-16,19-20H2,1-2H3,(H,31,32)(H,37,38). The van der Waals surface area contributed by atoms with Crippen LogP contribution in [0.1, 0.15) is 41.8 Å². The third kappa shape index (κ3) is 6.51. The van der Waals surface area contributed by atoms with Crippen molar-refractivity contribution in [3.8, 4) is 10.4 Å². The van der Waals surface area contributed by atoms with Crippen molar-refractivity contribution in [1.29, 1.82) is 0 Å². The first kappa shape index (κ1) is 30.1. The van der Waals surface area contributed by atoms with E-state index in [4.69, 9.17) is 0 Å². The van der Waals surface area contributed by atoms with E-state index in [-0.39, 0.29) is 28.8 Å². The molecule has 1 unspecified atom stereocenters. The Morgan fingerprint density at radius 1 is 1.12 bits per heavy atom. The van der Waals surface area contributed by atoms with Gasteiger partial charge < -0.3 is 20.2 Å². The number of piperazine rings is 1. The van der Waals surface area contributed by atoms with Gasteiger partial charge in [0.1, 0.15) is 15.6 Å². The molecule has 2 N–H and O–H groups in total. The molecule has 1 atom stereocenters. The normalized spacial score (nSPS) is 18.9. The molecule has 0 bridgehead atoms. The zero-order valence-electron chi connectivity index (χ0n) is 23.9. The number of carbonyl (C=O) groups excluding carboxylic acids is 1. The van der Waals surface area contributed by atoms with Gasteiger partial charge in [-0.3, -0.25) is 4.79 Å². The second-order valence-electron chi connectivity index (χ2n) is 11.1. The summed E-state index contributed by atoms with van der Waals surface area (Å²) in [5, 5.41) is 13.3. The maximum absolute atomic E-state index is 13.9. The van der Waals surface area contributed by atoms with Crippen LogP contribution in [-0.4, -0.2) is 85.9 Å². The maximum atomic E-state index is 13.9. The Bertz CT molecular complexity index is 1500. The smallest absolute Gasteiger partial charge is 0.348 e. The summed E-state index contributed by atoms with van der Waals surface area (Å²) in [4.78, 5) is 35.0. The molecule has 3 heterocycles. The van der Waals surface area contributed by atoms with Crippen LogP contribution in [0.5, 0.6) is 0 Å². The lowest BCUT2D eigenvalue weighted by Crippen LogP contribution is -2.60. The molecule has 1 amide bonds. The predicted molar refractivity (Wildman–Crippen MR) is 165 cm³/mol. The second kappa shape index (κ2) is 12.9. The minimum atomic E-state index is -4.01. The van der Waals surface area contributed by atoms with E-state index in [2.05, 4.69) is 10.3 Å². The number of thiophene rings is 1. The number of likely N-dealkylation sites (N-methyl/N-ethyl adjacent to an activating group) is 1. The number of carboxylic acids is 1. The Labute approximate surface area is 251 Å². The highest BCUT2D eigenvalue weighted by Gasteiger charge is 2.44. The van der Waals surface area contributed by atoms with E-state index in [1.165, 1.54) is 16.6 Å². The van der Waals surface area contributed by atoms with Crippen molar-refractivity contribution in [3.05, 3.63) is 59.6 Å². The van der Waals surface area contributed by atoms with Gasteiger partial charge >= 0.3 is 5.97 Å². The summed E-state index contributed by atoms with van der Waals surface area (Å²) in [5.41, 5.74) is 1.21. The molecule has 0 spiro atoms. The lowest BCUT2D eigenvalue weighted by Gasteiger charge is -2.44. The number of benzene rings is 1. The number of hydrogen-bond acceptors (Lipinski definition) is 8. The van der Waals surface area contributed by atoms with E-state index in [9.17, 15) is 23.1 Å². The maximum Gasteiger partial charge on any atom is 0.348 e. The van der Waals surface area contributed by atoms with Crippen LogP contribution in [-0.2, 0) is 14.8 Å². The van der Waals surface area contributed by atoms with E-state index >= 15 is 0 Å². The van der Waals surface area contributed by atoms with Gasteiger partial charge in [0, 0.05) is 30.7 Å². The van der Waals surface area contributed by atoms with Gasteiger partial charge in [-0.2, -0.15) is 4.31 Å². The number of carboxylic acid groups (broad SMARTS) is 1. The molecule has 1 aliphatic heterocycles. The molecule has 2 fully saturated rings. The van der Waals surface area contributed by atoms with Gasteiger partial charge in [-0.25, -0.2) is 18.2 Å². The van der Waals surface area contributed by atoms with Gasteiger partial charge in [0.2, 0.25) is 15.9 Å². The van der Waals surface area contributed by atoms with Crippen molar-refractivity contribution in [2.24, 2.45) is 5.92 Å². The summed E-state index contributed by atoms with van der Waals surface area (Å²) in [7, 11) is -0.0780. The molecule has 224 valence electrons. The highest BCUT2D eigenvalue weighted by molar-refractivity contribution is 7.89. The summed E-state index contributed by atoms with van der Waals surface area (Å²) >= 11 is 1.13. The fraction of sp³-hybridized carbons (Fsp3) is 0.433. The van der Waals surface area contributed by atoms with Crippen molar-refractivity contribution < 1.29 is 23.1 Å². The number of sulfonamides is 1. The lowest BCUT2D eigenvalue weighted by atomic mass is 9.82. The molecule has 3 aromatic rings. The molecule has 12 heteroatoms. The number of carbonyl (C=O) groups is 2. The first-order valence-corrected chi connectivity index (χ1v) is 16.5. The minimum Gasteiger partial charge on any atom is -0.477 e. The number of hydrogen-bond donors (Lipinski definition) is 2. The molecule has 0 radical (unpaired) electrons. The minimum absolute atomic E-state index is 0.0254. The van der Waals surface area contributed by atoms with Gasteiger partial charge in [0.05, 0.1) is 18.3 Å². The Kier molecular flexibility index (Phi) is 9.26. The van der Waals surface area contributed by atoms with E-state index < -0.39 is 27.9 Å². The molecule has 1 saturated heterocycles. The Balaban J connectivity index is 1.45. The van der Waals surface area contributed by atoms with Gasteiger partial charge in [0.15, 0.2) is 0 Å². The lowest BCUT2D eigenvalue weighted by molar-refractivity contribution is -0.121. The van der Waals surface area contributed by atoms with Crippen LogP contribution < -0.4 is 10.2 Å². The summed E-state index contributed by atoms with van der Waals surface area (Å²) in [5.74, 6) is -0.892. The zero-order valence-corrected chi connectivity index (χ0v) is 25.5. The number of nitrogens with zero attached hydrogens (tertiary/aromatic N) is 4.